The van der Waals surface area contributed by atoms with Crippen molar-refractivity contribution in [2.24, 2.45) is 4.99 Å². The number of ether oxygens (including phenoxy) is 2. The second-order valence-corrected chi connectivity index (χ2v) is 7.52. The van der Waals surface area contributed by atoms with E-state index in [0.29, 0.717) is 0 Å². The minimum absolute atomic E-state index is 0.538. The van der Waals surface area contributed by atoms with Crippen molar-refractivity contribution in [2.45, 2.75) is 37.9 Å². The predicted octanol–water partition coefficient (Wildman–Crippen LogP) is 6.42. The molecule has 1 aliphatic carbocycles. The molecular formula is C25H23NO2. The monoisotopic (exact) mass is 369 g/mol. The van der Waals surface area contributed by atoms with Crippen LogP contribution in [0.5, 0.6) is 0 Å². The molecule has 0 aromatic heterocycles. The van der Waals surface area contributed by atoms with Crippen molar-refractivity contribution in [3.63, 3.8) is 0 Å². The van der Waals surface area contributed by atoms with Crippen LogP contribution >= 0.6 is 0 Å². The first-order valence-corrected chi connectivity index (χ1v) is 10.0. The van der Waals surface area contributed by atoms with Crippen molar-refractivity contribution in [2.75, 3.05) is 0 Å². The van der Waals surface area contributed by atoms with E-state index in [-0.39, 0.29) is 0 Å². The Labute approximate surface area is 165 Å². The third kappa shape index (κ3) is 3.29. The summed E-state index contributed by atoms with van der Waals surface area (Å²) in [5, 5.41) is 0. The van der Waals surface area contributed by atoms with E-state index in [4.69, 9.17) is 9.47 Å². The minimum Gasteiger partial charge on any atom is -0.452 e. The zero-order valence-corrected chi connectivity index (χ0v) is 15.8. The van der Waals surface area contributed by atoms with Gasteiger partial charge in [0.25, 0.3) is 5.79 Å². The van der Waals surface area contributed by atoms with Crippen LogP contribution < -0.4 is 0 Å². The van der Waals surface area contributed by atoms with Gasteiger partial charge in [-0.25, -0.2) is 0 Å². The van der Waals surface area contributed by atoms with Gasteiger partial charge in [-0.3, -0.25) is 4.99 Å². The first-order chi connectivity index (χ1) is 13.8. The maximum Gasteiger partial charge on any atom is 0.251 e. The van der Waals surface area contributed by atoms with Crippen molar-refractivity contribution in [3.8, 4) is 0 Å². The topological polar surface area (TPSA) is 30.8 Å². The zero-order chi connectivity index (χ0) is 18.8. The van der Waals surface area contributed by atoms with Crippen LogP contribution in [0.25, 0.3) is 11.3 Å². The van der Waals surface area contributed by atoms with Gasteiger partial charge in [-0.05, 0) is 31.1 Å². The summed E-state index contributed by atoms with van der Waals surface area (Å²) < 4.78 is 12.8. The fraction of sp³-hybridized carbons (Fsp3) is 0.240. The van der Waals surface area contributed by atoms with Gasteiger partial charge >= 0.3 is 0 Å². The highest BCUT2D eigenvalue weighted by atomic mass is 16.7. The summed E-state index contributed by atoms with van der Waals surface area (Å²) in [5.74, 6) is 1.20. The first kappa shape index (κ1) is 17.1. The highest BCUT2D eigenvalue weighted by molar-refractivity contribution is 6.16. The summed E-state index contributed by atoms with van der Waals surface area (Å²) in [7, 11) is 0. The average Bonchev–Trinajstić information content (AvgIpc) is 3.16. The molecular weight excluding hydrogens is 346 g/mol. The number of benzene rings is 2. The second-order valence-electron chi connectivity index (χ2n) is 7.52. The number of fused-ring (bicyclic) bond motifs is 1. The number of aliphatic imine (C=N–C) groups is 1. The fourth-order valence-electron chi connectivity index (χ4n) is 4.09. The van der Waals surface area contributed by atoms with Gasteiger partial charge < -0.3 is 9.47 Å². The summed E-state index contributed by atoms with van der Waals surface area (Å²) in [5.41, 5.74) is 4.36. The van der Waals surface area contributed by atoms with Crippen LogP contribution in [0.4, 0.5) is 5.69 Å². The van der Waals surface area contributed by atoms with Gasteiger partial charge in [0.1, 0.15) is 11.5 Å². The number of allylic oxidation sites excluding steroid dienone is 4. The Morgan fingerprint density at radius 1 is 0.821 bits per heavy atom. The van der Waals surface area contributed by atoms with Crippen LogP contribution in [0.1, 0.15) is 43.2 Å². The molecule has 140 valence electrons. The standard InChI is InChI=1S/C25H23NO2/c1-3-9-19(10-4-1)24-17-21(27-25(28-24)15-7-2-8-16-25)14-13-20-18-26-23-12-6-5-11-22(20)23/h1,3-6,9-14,17-18H,2,7-8,15-16H2/b20-13+,21-14+. The van der Waals surface area contributed by atoms with E-state index in [0.717, 1.165) is 59.6 Å². The maximum absolute atomic E-state index is 6.41. The normalized spacial score (nSPS) is 22.6. The van der Waals surface area contributed by atoms with Crippen LogP contribution in [0.15, 0.2) is 83.6 Å². The van der Waals surface area contributed by atoms with E-state index >= 15 is 0 Å². The second kappa shape index (κ2) is 7.16. The summed E-state index contributed by atoms with van der Waals surface area (Å²) in [6.45, 7) is 0. The number of rotatable bonds is 2. The maximum atomic E-state index is 6.41. The molecule has 0 unspecified atom stereocenters. The molecule has 0 bridgehead atoms. The Kier molecular flexibility index (Phi) is 4.36. The fourth-order valence-corrected chi connectivity index (χ4v) is 4.09. The zero-order valence-electron chi connectivity index (χ0n) is 15.8. The number of nitrogens with zero attached hydrogens (tertiary/aromatic N) is 1. The van der Waals surface area contributed by atoms with Crippen molar-refractivity contribution < 1.29 is 9.47 Å². The van der Waals surface area contributed by atoms with Crippen LogP contribution in [-0.2, 0) is 9.47 Å². The summed E-state index contributed by atoms with van der Waals surface area (Å²) >= 11 is 0. The molecule has 1 fully saturated rings. The lowest BCUT2D eigenvalue weighted by molar-refractivity contribution is -0.196. The van der Waals surface area contributed by atoms with Crippen molar-refractivity contribution in [3.05, 3.63) is 89.7 Å². The smallest absolute Gasteiger partial charge is 0.251 e. The van der Waals surface area contributed by atoms with Gasteiger partial charge in [-0.1, -0.05) is 55.0 Å². The Hall–Kier alpha value is -3.07. The summed E-state index contributed by atoms with van der Waals surface area (Å²) in [4.78, 5) is 4.49. The summed E-state index contributed by atoms with van der Waals surface area (Å²) in [6.07, 6.45) is 13.4. The van der Waals surface area contributed by atoms with Crippen molar-refractivity contribution in [1.29, 1.82) is 0 Å². The molecule has 1 spiro atoms. The molecule has 3 heteroatoms. The molecule has 0 atom stereocenters. The highest BCUT2D eigenvalue weighted by Crippen LogP contribution is 2.42. The van der Waals surface area contributed by atoms with Crippen LogP contribution in [0.3, 0.4) is 0 Å². The molecule has 2 heterocycles. The molecule has 2 aliphatic heterocycles. The Balaban J connectivity index is 1.51. The quantitative estimate of drug-likeness (QED) is 0.612. The van der Waals surface area contributed by atoms with Gasteiger partial charge in [-0.15, -0.1) is 0 Å². The first-order valence-electron chi connectivity index (χ1n) is 10.0. The number of hydrogen-bond donors (Lipinski definition) is 0. The van der Waals surface area contributed by atoms with Crippen LogP contribution in [0.2, 0.25) is 0 Å². The van der Waals surface area contributed by atoms with E-state index in [1.54, 1.807) is 0 Å². The molecule has 1 saturated carbocycles. The van der Waals surface area contributed by atoms with Gasteiger partial charge in [-0.2, -0.15) is 0 Å². The molecule has 0 N–H and O–H groups in total. The van der Waals surface area contributed by atoms with Crippen molar-refractivity contribution in [1.82, 2.24) is 0 Å². The van der Waals surface area contributed by atoms with Gasteiger partial charge in [0, 0.05) is 41.8 Å². The number of hydrogen-bond acceptors (Lipinski definition) is 3. The van der Waals surface area contributed by atoms with Gasteiger partial charge in [0.05, 0.1) is 5.69 Å². The lowest BCUT2D eigenvalue weighted by atomic mass is 9.93. The molecule has 2 aromatic carbocycles. The highest BCUT2D eigenvalue weighted by Gasteiger charge is 2.40. The third-order valence-electron chi connectivity index (χ3n) is 5.53. The Morgan fingerprint density at radius 3 is 2.46 bits per heavy atom. The largest absolute Gasteiger partial charge is 0.452 e. The number of para-hydroxylation sites is 1. The molecule has 2 aromatic rings. The van der Waals surface area contributed by atoms with E-state index in [1.807, 2.05) is 54.8 Å². The molecule has 5 rings (SSSR count). The molecule has 28 heavy (non-hydrogen) atoms. The SMILES string of the molecule is C1=Nc2ccccc2/C1=C/C=C1\C=C(c2ccccc2)OC2(CCCCC2)O1. The minimum atomic E-state index is -0.538. The van der Waals surface area contributed by atoms with Gasteiger partial charge in [0.15, 0.2) is 0 Å². The molecule has 0 amide bonds. The third-order valence-corrected chi connectivity index (χ3v) is 5.53. The summed E-state index contributed by atoms with van der Waals surface area (Å²) in [6, 6.07) is 18.5. The van der Waals surface area contributed by atoms with Crippen molar-refractivity contribution >= 4 is 23.2 Å². The lowest BCUT2D eigenvalue weighted by Crippen LogP contribution is -2.39. The van der Waals surface area contributed by atoms with Crippen LogP contribution in [-0.4, -0.2) is 12.0 Å². The van der Waals surface area contributed by atoms with E-state index < -0.39 is 5.79 Å². The van der Waals surface area contributed by atoms with E-state index in [9.17, 15) is 0 Å². The van der Waals surface area contributed by atoms with E-state index in [1.165, 1.54) is 6.42 Å². The molecule has 0 saturated heterocycles. The molecule has 3 nitrogen and oxygen atoms in total. The Bertz CT molecular complexity index is 992. The lowest BCUT2D eigenvalue weighted by Gasteiger charge is -2.41. The average molecular weight is 369 g/mol. The molecule has 0 radical (unpaired) electrons. The van der Waals surface area contributed by atoms with Gasteiger partial charge in [0.2, 0.25) is 0 Å². The van der Waals surface area contributed by atoms with E-state index in [2.05, 4.69) is 29.3 Å². The van der Waals surface area contributed by atoms with Crippen LogP contribution in [0, 0.1) is 0 Å². The molecule has 3 aliphatic rings. The Morgan fingerprint density at radius 2 is 1.61 bits per heavy atom. The predicted molar refractivity (Wildman–Crippen MR) is 113 cm³/mol.